The van der Waals surface area contributed by atoms with E-state index in [-0.39, 0.29) is 0 Å². The van der Waals surface area contributed by atoms with Gasteiger partial charge in [-0.05, 0) is 6.92 Å². The Kier molecular flexibility index (Phi) is 3.73. The number of H-pyrrole nitrogens is 1. The van der Waals surface area contributed by atoms with Crippen molar-refractivity contribution in [1.29, 1.82) is 0 Å². The lowest BCUT2D eigenvalue weighted by atomic mass is 10.4. The molecule has 0 atom stereocenters. The summed E-state index contributed by atoms with van der Waals surface area (Å²) in [6.45, 7) is 5.50. The average Bonchev–Trinajstić information content (AvgIpc) is 2.53. The number of aryl methyl sites for hydroxylation is 1. The summed E-state index contributed by atoms with van der Waals surface area (Å²) in [4.78, 5) is 4.25. The van der Waals surface area contributed by atoms with Gasteiger partial charge in [0.15, 0.2) is 0 Å². The van der Waals surface area contributed by atoms with E-state index in [0.717, 1.165) is 37.7 Å². The Labute approximate surface area is 72.4 Å². The maximum atomic E-state index is 5.19. The van der Waals surface area contributed by atoms with Gasteiger partial charge in [-0.15, -0.1) is 0 Å². The van der Waals surface area contributed by atoms with Crippen LogP contribution in [0.5, 0.6) is 0 Å². The third kappa shape index (κ3) is 2.62. The smallest absolute Gasteiger partial charge is 0.150 e. The van der Waals surface area contributed by atoms with Gasteiger partial charge in [-0.3, -0.25) is 5.10 Å². The highest BCUT2D eigenvalue weighted by atomic mass is 16.5. The molecule has 0 saturated heterocycles. The number of ether oxygens (including phenoxy) is 1. The molecule has 1 rings (SSSR count). The summed E-state index contributed by atoms with van der Waals surface area (Å²) in [6, 6.07) is 0. The number of nitrogens with zero attached hydrogens (tertiary/aromatic N) is 2. The zero-order valence-electron chi connectivity index (χ0n) is 7.63. The lowest BCUT2D eigenvalue weighted by Crippen LogP contribution is -1.99. The van der Waals surface area contributed by atoms with Crippen molar-refractivity contribution < 1.29 is 4.74 Å². The number of aromatic nitrogens is 3. The van der Waals surface area contributed by atoms with Crippen molar-refractivity contribution in [1.82, 2.24) is 15.2 Å². The monoisotopic (exact) mass is 169 g/mol. The van der Waals surface area contributed by atoms with E-state index in [0.29, 0.717) is 0 Å². The molecule has 0 aliphatic carbocycles. The van der Waals surface area contributed by atoms with E-state index in [1.807, 2.05) is 13.8 Å². The number of aromatic amines is 1. The van der Waals surface area contributed by atoms with Crippen LogP contribution in [0, 0.1) is 0 Å². The van der Waals surface area contributed by atoms with E-state index < -0.39 is 0 Å². The van der Waals surface area contributed by atoms with Gasteiger partial charge in [0, 0.05) is 19.4 Å². The normalized spacial score (nSPS) is 10.5. The highest BCUT2D eigenvalue weighted by Gasteiger charge is 1.99. The lowest BCUT2D eigenvalue weighted by molar-refractivity contribution is 0.149. The van der Waals surface area contributed by atoms with Gasteiger partial charge in [-0.2, -0.15) is 5.10 Å². The van der Waals surface area contributed by atoms with Crippen molar-refractivity contribution in [3.05, 3.63) is 11.6 Å². The van der Waals surface area contributed by atoms with Gasteiger partial charge in [-0.1, -0.05) is 6.92 Å². The van der Waals surface area contributed by atoms with Crippen LogP contribution < -0.4 is 0 Å². The molecule has 0 aromatic carbocycles. The van der Waals surface area contributed by atoms with Crippen LogP contribution in [0.15, 0.2) is 0 Å². The minimum Gasteiger partial charge on any atom is -0.381 e. The molecule has 0 bridgehead atoms. The molecule has 0 fully saturated rings. The van der Waals surface area contributed by atoms with Crippen LogP contribution in [0.1, 0.15) is 25.5 Å². The van der Waals surface area contributed by atoms with Crippen LogP contribution >= 0.6 is 0 Å². The van der Waals surface area contributed by atoms with Crippen molar-refractivity contribution >= 4 is 0 Å². The number of nitrogens with one attached hydrogen (secondary N) is 1. The molecule has 4 heteroatoms. The molecule has 68 valence electrons. The fraction of sp³-hybridized carbons (Fsp3) is 0.750. The number of hydrogen-bond donors (Lipinski definition) is 1. The fourth-order valence-electron chi connectivity index (χ4n) is 0.918. The highest BCUT2D eigenvalue weighted by molar-refractivity contribution is 4.89. The summed E-state index contributed by atoms with van der Waals surface area (Å²) < 4.78 is 5.19. The molecule has 1 aromatic rings. The van der Waals surface area contributed by atoms with E-state index in [4.69, 9.17) is 4.74 Å². The molecule has 0 aliphatic heterocycles. The van der Waals surface area contributed by atoms with E-state index >= 15 is 0 Å². The van der Waals surface area contributed by atoms with Crippen LogP contribution in [0.25, 0.3) is 0 Å². The summed E-state index contributed by atoms with van der Waals surface area (Å²) in [6.07, 6.45) is 1.70. The molecule has 0 aliphatic rings. The highest BCUT2D eigenvalue weighted by Crippen LogP contribution is 1.94. The molecule has 0 unspecified atom stereocenters. The standard InChI is InChI=1S/C8H15N3O/c1-3-7-9-8(11-10-7)5-6-12-4-2/h3-6H2,1-2H3,(H,9,10,11). The maximum absolute atomic E-state index is 5.19. The van der Waals surface area contributed by atoms with Crippen LogP contribution in [0.2, 0.25) is 0 Å². The van der Waals surface area contributed by atoms with Crippen molar-refractivity contribution in [3.8, 4) is 0 Å². The van der Waals surface area contributed by atoms with Crippen LogP contribution in [-0.2, 0) is 17.6 Å². The van der Waals surface area contributed by atoms with Gasteiger partial charge in [0.05, 0.1) is 6.61 Å². The third-order valence-corrected chi connectivity index (χ3v) is 1.58. The first-order valence-corrected chi connectivity index (χ1v) is 4.34. The van der Waals surface area contributed by atoms with E-state index in [2.05, 4.69) is 15.2 Å². The SMILES string of the molecule is CCOCCc1nc(CC)n[nH]1. The first-order chi connectivity index (χ1) is 5.86. The second kappa shape index (κ2) is 4.87. The Hall–Kier alpha value is -0.900. The third-order valence-electron chi connectivity index (χ3n) is 1.58. The Balaban J connectivity index is 2.31. The average molecular weight is 169 g/mol. The molecule has 12 heavy (non-hydrogen) atoms. The van der Waals surface area contributed by atoms with Crippen LogP contribution in [0.4, 0.5) is 0 Å². The largest absolute Gasteiger partial charge is 0.381 e. The zero-order chi connectivity index (χ0) is 8.81. The summed E-state index contributed by atoms with van der Waals surface area (Å²) >= 11 is 0. The Morgan fingerprint density at radius 3 is 2.83 bits per heavy atom. The van der Waals surface area contributed by atoms with Gasteiger partial charge >= 0.3 is 0 Å². The Morgan fingerprint density at radius 1 is 1.42 bits per heavy atom. The van der Waals surface area contributed by atoms with Crippen molar-refractivity contribution in [2.24, 2.45) is 0 Å². The topological polar surface area (TPSA) is 50.8 Å². The molecule has 0 saturated carbocycles. The summed E-state index contributed by atoms with van der Waals surface area (Å²) in [5, 5.41) is 6.90. The summed E-state index contributed by atoms with van der Waals surface area (Å²) in [5.41, 5.74) is 0. The van der Waals surface area contributed by atoms with Gasteiger partial charge in [0.25, 0.3) is 0 Å². The minimum atomic E-state index is 0.717. The van der Waals surface area contributed by atoms with Crippen molar-refractivity contribution in [2.75, 3.05) is 13.2 Å². The molecule has 0 amide bonds. The van der Waals surface area contributed by atoms with Gasteiger partial charge in [0.1, 0.15) is 11.6 Å². The Morgan fingerprint density at radius 2 is 2.25 bits per heavy atom. The van der Waals surface area contributed by atoms with Gasteiger partial charge in [-0.25, -0.2) is 4.98 Å². The predicted octanol–water partition coefficient (Wildman–Crippen LogP) is 0.946. The molecule has 1 heterocycles. The van der Waals surface area contributed by atoms with E-state index in [1.165, 1.54) is 0 Å². The minimum absolute atomic E-state index is 0.717. The van der Waals surface area contributed by atoms with Crippen molar-refractivity contribution in [2.45, 2.75) is 26.7 Å². The van der Waals surface area contributed by atoms with Gasteiger partial charge in [0.2, 0.25) is 0 Å². The van der Waals surface area contributed by atoms with Crippen LogP contribution in [0.3, 0.4) is 0 Å². The van der Waals surface area contributed by atoms with E-state index in [1.54, 1.807) is 0 Å². The first-order valence-electron chi connectivity index (χ1n) is 4.34. The zero-order valence-corrected chi connectivity index (χ0v) is 7.63. The number of hydrogen-bond acceptors (Lipinski definition) is 3. The van der Waals surface area contributed by atoms with Crippen molar-refractivity contribution in [3.63, 3.8) is 0 Å². The lowest BCUT2D eigenvalue weighted by Gasteiger charge is -1.95. The second-order valence-electron chi connectivity index (χ2n) is 2.50. The van der Waals surface area contributed by atoms with E-state index in [9.17, 15) is 0 Å². The fourth-order valence-corrected chi connectivity index (χ4v) is 0.918. The molecule has 0 radical (unpaired) electrons. The number of rotatable bonds is 5. The first kappa shape index (κ1) is 9.19. The second-order valence-corrected chi connectivity index (χ2v) is 2.50. The molecular weight excluding hydrogens is 154 g/mol. The quantitative estimate of drug-likeness (QED) is 0.667. The van der Waals surface area contributed by atoms with Crippen LogP contribution in [-0.4, -0.2) is 28.4 Å². The summed E-state index contributed by atoms with van der Waals surface area (Å²) in [7, 11) is 0. The predicted molar refractivity (Wildman–Crippen MR) is 46.0 cm³/mol. The Bertz CT molecular complexity index is 222. The molecule has 1 N–H and O–H groups in total. The van der Waals surface area contributed by atoms with Gasteiger partial charge < -0.3 is 4.74 Å². The molecule has 0 spiro atoms. The molecule has 4 nitrogen and oxygen atoms in total. The molecular formula is C8H15N3O. The summed E-state index contributed by atoms with van der Waals surface area (Å²) in [5.74, 6) is 1.79. The maximum Gasteiger partial charge on any atom is 0.150 e. The molecule has 1 aromatic heterocycles.